The van der Waals surface area contributed by atoms with Gasteiger partial charge in [0.2, 0.25) is 0 Å². The van der Waals surface area contributed by atoms with Gasteiger partial charge in [-0.05, 0) is 38.7 Å². The van der Waals surface area contributed by atoms with Gasteiger partial charge >= 0.3 is 0 Å². The highest BCUT2D eigenvalue weighted by Crippen LogP contribution is 2.44. The minimum absolute atomic E-state index is 0.0671. The zero-order chi connectivity index (χ0) is 11.1. The minimum Gasteiger partial charge on any atom is -0.390 e. The van der Waals surface area contributed by atoms with Crippen molar-refractivity contribution in [3.05, 3.63) is 11.6 Å². The molecule has 2 nitrogen and oxygen atoms in total. The Bertz CT molecular complexity index is 279. The Balaban J connectivity index is 2.87. The lowest BCUT2D eigenvalue weighted by Gasteiger charge is -2.32. The second kappa shape index (κ2) is 3.20. The van der Waals surface area contributed by atoms with Crippen LogP contribution in [0.3, 0.4) is 0 Å². The predicted octanol–water partition coefficient (Wildman–Crippen LogP) is 2.32. The molecule has 0 radical (unpaired) electrons. The molecule has 1 N–H and O–H groups in total. The van der Waals surface area contributed by atoms with Crippen LogP contribution in [0.25, 0.3) is 0 Å². The molecule has 0 amide bonds. The Morgan fingerprint density at radius 1 is 1.50 bits per heavy atom. The molecule has 0 saturated carbocycles. The van der Waals surface area contributed by atoms with Gasteiger partial charge in [0.1, 0.15) is 0 Å². The molecule has 1 atom stereocenters. The molecule has 2 heteroatoms. The van der Waals surface area contributed by atoms with Gasteiger partial charge in [0, 0.05) is 5.92 Å². The monoisotopic (exact) mass is 196 g/mol. The van der Waals surface area contributed by atoms with E-state index in [2.05, 4.69) is 13.8 Å². The molecule has 1 aliphatic rings. The molecule has 0 unspecified atom stereocenters. The van der Waals surface area contributed by atoms with Crippen LogP contribution in [0.5, 0.6) is 0 Å². The van der Waals surface area contributed by atoms with Crippen LogP contribution in [-0.4, -0.2) is 16.5 Å². The maximum absolute atomic E-state index is 11.7. The van der Waals surface area contributed by atoms with Crippen molar-refractivity contribution in [3.8, 4) is 0 Å². The van der Waals surface area contributed by atoms with Crippen LogP contribution < -0.4 is 0 Å². The van der Waals surface area contributed by atoms with Crippen LogP contribution in [0.4, 0.5) is 0 Å². The van der Waals surface area contributed by atoms with Gasteiger partial charge in [-0.1, -0.05) is 19.4 Å². The highest BCUT2D eigenvalue weighted by atomic mass is 16.3. The Hall–Kier alpha value is -0.630. The molecule has 0 aliphatic heterocycles. The molecule has 0 aromatic heterocycles. The van der Waals surface area contributed by atoms with Gasteiger partial charge in [-0.25, -0.2) is 0 Å². The van der Waals surface area contributed by atoms with Crippen LogP contribution in [0.1, 0.15) is 41.0 Å². The Kier molecular flexibility index (Phi) is 2.61. The summed E-state index contributed by atoms with van der Waals surface area (Å²) in [7, 11) is 0. The topological polar surface area (TPSA) is 37.3 Å². The van der Waals surface area contributed by atoms with E-state index in [0.717, 1.165) is 5.57 Å². The van der Waals surface area contributed by atoms with Crippen LogP contribution in [-0.2, 0) is 4.79 Å². The highest BCUT2D eigenvalue weighted by Gasteiger charge is 2.42. The lowest BCUT2D eigenvalue weighted by Crippen LogP contribution is -2.33. The van der Waals surface area contributed by atoms with Crippen molar-refractivity contribution in [1.82, 2.24) is 0 Å². The summed E-state index contributed by atoms with van der Waals surface area (Å²) in [5, 5.41) is 9.74. The first kappa shape index (κ1) is 11.4. The van der Waals surface area contributed by atoms with E-state index >= 15 is 0 Å². The Morgan fingerprint density at radius 3 is 2.29 bits per heavy atom. The van der Waals surface area contributed by atoms with E-state index in [-0.39, 0.29) is 17.1 Å². The van der Waals surface area contributed by atoms with Crippen molar-refractivity contribution < 1.29 is 9.90 Å². The average Bonchev–Trinajstić information content (AvgIpc) is 2.11. The van der Waals surface area contributed by atoms with Crippen molar-refractivity contribution in [2.45, 2.75) is 46.6 Å². The summed E-state index contributed by atoms with van der Waals surface area (Å²) in [6.45, 7) is 9.64. The molecule has 0 bridgehead atoms. The minimum atomic E-state index is -0.768. The van der Waals surface area contributed by atoms with Gasteiger partial charge < -0.3 is 5.11 Å². The summed E-state index contributed by atoms with van der Waals surface area (Å²) in [5.41, 5.74) is 0.254. The third-order valence-electron chi connectivity index (χ3n) is 3.29. The third-order valence-corrected chi connectivity index (χ3v) is 3.29. The summed E-state index contributed by atoms with van der Waals surface area (Å²) in [4.78, 5) is 11.7. The zero-order valence-electron chi connectivity index (χ0n) is 9.72. The van der Waals surface area contributed by atoms with Crippen LogP contribution in [0, 0.1) is 11.3 Å². The number of rotatable bonds is 2. The van der Waals surface area contributed by atoms with Gasteiger partial charge in [0.25, 0.3) is 0 Å². The van der Waals surface area contributed by atoms with E-state index in [1.54, 1.807) is 19.9 Å². The summed E-state index contributed by atoms with van der Waals surface area (Å²) in [6, 6.07) is 0. The summed E-state index contributed by atoms with van der Waals surface area (Å²) in [6.07, 6.45) is 2.25. The molecular weight excluding hydrogens is 176 g/mol. The largest absolute Gasteiger partial charge is 0.390 e. The molecule has 0 spiro atoms. The average molecular weight is 196 g/mol. The van der Waals surface area contributed by atoms with Gasteiger partial charge in [-0.15, -0.1) is 0 Å². The van der Waals surface area contributed by atoms with E-state index in [1.807, 2.05) is 6.92 Å². The molecular formula is C12H20O2. The maximum atomic E-state index is 11.7. The van der Waals surface area contributed by atoms with E-state index in [4.69, 9.17) is 0 Å². The fourth-order valence-electron chi connectivity index (χ4n) is 1.99. The number of aliphatic hydroxyl groups is 1. The molecule has 0 aromatic rings. The van der Waals surface area contributed by atoms with E-state index < -0.39 is 5.60 Å². The summed E-state index contributed by atoms with van der Waals surface area (Å²) in [5.74, 6) is 0.0946. The highest BCUT2D eigenvalue weighted by molar-refractivity contribution is 5.96. The predicted molar refractivity (Wildman–Crippen MR) is 56.9 cm³/mol. The fourth-order valence-corrected chi connectivity index (χ4v) is 1.99. The smallest absolute Gasteiger partial charge is 0.159 e. The molecule has 0 saturated heterocycles. The summed E-state index contributed by atoms with van der Waals surface area (Å²) >= 11 is 0. The van der Waals surface area contributed by atoms with Gasteiger partial charge in [-0.2, -0.15) is 0 Å². The number of carbonyl (C=O) groups excluding carboxylic acids is 1. The van der Waals surface area contributed by atoms with Crippen molar-refractivity contribution in [2.75, 3.05) is 0 Å². The molecule has 0 heterocycles. The molecule has 1 rings (SSSR count). The number of allylic oxidation sites excluding steroid dienone is 2. The van der Waals surface area contributed by atoms with Gasteiger partial charge in [-0.3, -0.25) is 4.79 Å². The van der Waals surface area contributed by atoms with Gasteiger partial charge in [0.15, 0.2) is 5.78 Å². The third kappa shape index (κ3) is 2.06. The first-order valence-corrected chi connectivity index (χ1v) is 5.09. The van der Waals surface area contributed by atoms with E-state index in [9.17, 15) is 9.90 Å². The number of hydrogen-bond acceptors (Lipinski definition) is 2. The maximum Gasteiger partial charge on any atom is 0.159 e. The van der Waals surface area contributed by atoms with Crippen molar-refractivity contribution in [1.29, 1.82) is 0 Å². The fraction of sp³-hybridized carbons (Fsp3) is 0.750. The van der Waals surface area contributed by atoms with Crippen molar-refractivity contribution in [3.63, 3.8) is 0 Å². The van der Waals surface area contributed by atoms with Crippen LogP contribution in [0.15, 0.2) is 11.6 Å². The first-order valence-electron chi connectivity index (χ1n) is 5.09. The molecule has 0 fully saturated rings. The molecule has 1 aliphatic carbocycles. The lowest BCUT2D eigenvalue weighted by molar-refractivity contribution is -0.121. The van der Waals surface area contributed by atoms with Crippen LogP contribution >= 0.6 is 0 Å². The first-order chi connectivity index (χ1) is 6.14. The second-order valence-corrected chi connectivity index (χ2v) is 5.52. The van der Waals surface area contributed by atoms with E-state index in [0.29, 0.717) is 6.42 Å². The van der Waals surface area contributed by atoms with E-state index in [1.165, 1.54) is 0 Å². The molecule has 14 heavy (non-hydrogen) atoms. The van der Waals surface area contributed by atoms with Gasteiger partial charge in [0.05, 0.1) is 5.60 Å². The van der Waals surface area contributed by atoms with Crippen molar-refractivity contribution in [2.24, 2.45) is 11.3 Å². The van der Waals surface area contributed by atoms with Crippen LogP contribution in [0.2, 0.25) is 0 Å². The van der Waals surface area contributed by atoms with Crippen molar-refractivity contribution >= 4 is 5.78 Å². The SMILES string of the molecule is CC1=CC(=O)[C@@H](CC(C)(C)O)C1(C)C. The second-order valence-electron chi connectivity index (χ2n) is 5.52. The lowest BCUT2D eigenvalue weighted by atomic mass is 9.73. The molecule has 80 valence electrons. The Labute approximate surface area is 86.0 Å². The zero-order valence-corrected chi connectivity index (χ0v) is 9.72. The standard InChI is InChI=1S/C12H20O2/c1-8-6-10(13)9(12(8,4)5)7-11(2,3)14/h6,9,14H,7H2,1-5H3/t9-/m1/s1. The Morgan fingerprint density at radius 2 is 2.00 bits per heavy atom. The quantitative estimate of drug-likeness (QED) is 0.736. The number of hydrogen-bond donors (Lipinski definition) is 1. The number of carbonyl (C=O) groups is 1. The molecule has 0 aromatic carbocycles. The normalized spacial score (nSPS) is 26.6. The summed E-state index contributed by atoms with van der Waals surface area (Å²) < 4.78 is 0. The number of ketones is 1.